The minimum Gasteiger partial charge on any atom is -0.198 e. The fourth-order valence-corrected chi connectivity index (χ4v) is 6.15. The maximum atomic E-state index is 9.71. The van der Waals surface area contributed by atoms with Crippen molar-refractivity contribution in [3.05, 3.63) is 0 Å². The predicted molar refractivity (Wildman–Crippen MR) is 92.4 cm³/mol. The molecule has 0 aromatic carbocycles. The monoisotopic (exact) mass is 301 g/mol. The summed E-state index contributed by atoms with van der Waals surface area (Å²) in [6.45, 7) is 4.66. The van der Waals surface area contributed by atoms with Crippen LogP contribution in [0.25, 0.3) is 0 Å². The van der Waals surface area contributed by atoms with Gasteiger partial charge in [0.2, 0.25) is 0 Å². The molecule has 0 aliphatic heterocycles. The molecular formula is C21H35N. The van der Waals surface area contributed by atoms with Gasteiger partial charge in [0.1, 0.15) is 0 Å². The Morgan fingerprint density at radius 1 is 0.909 bits per heavy atom. The molecule has 1 nitrogen and oxygen atoms in total. The van der Waals surface area contributed by atoms with E-state index in [0.29, 0.717) is 5.41 Å². The molecule has 0 N–H and O–H groups in total. The van der Waals surface area contributed by atoms with Crippen LogP contribution in [0.4, 0.5) is 0 Å². The highest BCUT2D eigenvalue weighted by molar-refractivity contribution is 5.07. The van der Waals surface area contributed by atoms with Crippen molar-refractivity contribution < 1.29 is 0 Å². The van der Waals surface area contributed by atoms with Gasteiger partial charge in [0.15, 0.2) is 0 Å². The van der Waals surface area contributed by atoms with E-state index < -0.39 is 0 Å². The van der Waals surface area contributed by atoms with Gasteiger partial charge in [0.05, 0.1) is 11.5 Å². The second-order valence-corrected chi connectivity index (χ2v) is 8.99. The fraction of sp³-hybridized carbons (Fsp3) is 0.952. The van der Waals surface area contributed by atoms with E-state index in [0.717, 1.165) is 17.8 Å². The zero-order chi connectivity index (χ0) is 15.7. The Labute approximate surface area is 137 Å². The van der Waals surface area contributed by atoms with E-state index in [1.165, 1.54) is 83.5 Å². The van der Waals surface area contributed by atoms with Crippen LogP contribution in [0, 0.1) is 33.5 Å². The Bertz CT molecular complexity index is 397. The highest BCUT2D eigenvalue weighted by Gasteiger charge is 2.52. The molecule has 1 heteroatoms. The van der Waals surface area contributed by atoms with E-state index in [1.54, 1.807) is 0 Å². The van der Waals surface area contributed by atoms with Crippen LogP contribution in [0.15, 0.2) is 0 Å². The molecule has 0 spiro atoms. The zero-order valence-electron chi connectivity index (χ0n) is 14.9. The molecule has 4 rings (SSSR count). The summed E-state index contributed by atoms with van der Waals surface area (Å²) < 4.78 is 0. The van der Waals surface area contributed by atoms with E-state index in [-0.39, 0.29) is 5.41 Å². The topological polar surface area (TPSA) is 23.8 Å². The van der Waals surface area contributed by atoms with Gasteiger partial charge in [-0.1, -0.05) is 33.1 Å². The van der Waals surface area contributed by atoms with Crippen LogP contribution >= 0.6 is 0 Å². The summed E-state index contributed by atoms with van der Waals surface area (Å²) >= 11 is 0. The zero-order valence-corrected chi connectivity index (χ0v) is 14.9. The first kappa shape index (κ1) is 16.4. The Kier molecular flexibility index (Phi) is 4.59. The van der Waals surface area contributed by atoms with Crippen molar-refractivity contribution in [2.75, 3.05) is 0 Å². The molecule has 0 radical (unpaired) electrons. The van der Waals surface area contributed by atoms with Gasteiger partial charge in [-0.05, 0) is 87.4 Å². The molecule has 0 aromatic rings. The average molecular weight is 302 g/mol. The molecule has 4 aliphatic rings. The summed E-state index contributed by atoms with van der Waals surface area (Å²) in [7, 11) is 0. The van der Waals surface area contributed by atoms with Crippen LogP contribution in [0.1, 0.15) is 104 Å². The molecule has 4 fully saturated rings. The second-order valence-electron chi connectivity index (χ2n) is 8.99. The van der Waals surface area contributed by atoms with Crippen molar-refractivity contribution in [3.8, 4) is 6.07 Å². The summed E-state index contributed by atoms with van der Waals surface area (Å²) in [5.41, 5.74) is 1.46. The van der Waals surface area contributed by atoms with Crippen molar-refractivity contribution in [1.29, 1.82) is 5.26 Å². The first-order valence-corrected chi connectivity index (χ1v) is 10.0. The van der Waals surface area contributed by atoms with Gasteiger partial charge in [0, 0.05) is 0 Å². The third kappa shape index (κ3) is 2.72. The lowest BCUT2D eigenvalue weighted by Gasteiger charge is -2.58. The number of hydrogen-bond acceptors (Lipinski definition) is 1. The van der Waals surface area contributed by atoms with Gasteiger partial charge in [0.25, 0.3) is 0 Å². The van der Waals surface area contributed by atoms with Gasteiger partial charge in [-0.25, -0.2) is 0 Å². The summed E-state index contributed by atoms with van der Waals surface area (Å²) in [5, 5.41) is 9.71. The van der Waals surface area contributed by atoms with Crippen LogP contribution in [-0.2, 0) is 0 Å². The van der Waals surface area contributed by atoms with E-state index in [1.807, 2.05) is 0 Å². The van der Waals surface area contributed by atoms with Crippen molar-refractivity contribution in [1.82, 2.24) is 0 Å². The Balaban J connectivity index is 1.61. The molecule has 0 saturated heterocycles. The SMILES string of the molecule is CCCCC1(C#N)CCC(C23CCC(CC)(CC2)CC3)CC1. The summed E-state index contributed by atoms with van der Waals surface area (Å²) in [6.07, 6.45) is 19.1. The second kappa shape index (κ2) is 6.18. The number of unbranched alkanes of at least 4 members (excludes halogenated alkanes) is 1. The van der Waals surface area contributed by atoms with E-state index in [4.69, 9.17) is 0 Å². The first-order valence-electron chi connectivity index (χ1n) is 10.0. The predicted octanol–water partition coefficient (Wildman–Crippen LogP) is 6.63. The third-order valence-corrected chi connectivity index (χ3v) is 8.26. The molecule has 0 atom stereocenters. The normalized spacial score (nSPS) is 44.7. The molecule has 0 aromatic heterocycles. The van der Waals surface area contributed by atoms with E-state index in [9.17, 15) is 5.26 Å². The van der Waals surface area contributed by atoms with Crippen molar-refractivity contribution >= 4 is 0 Å². The maximum Gasteiger partial charge on any atom is 0.0689 e. The molecule has 4 saturated carbocycles. The molecule has 124 valence electrons. The fourth-order valence-electron chi connectivity index (χ4n) is 6.15. The van der Waals surface area contributed by atoms with Gasteiger partial charge in [-0.2, -0.15) is 5.26 Å². The minimum atomic E-state index is 0.0413. The van der Waals surface area contributed by atoms with Crippen LogP contribution in [0.5, 0.6) is 0 Å². The highest BCUT2D eigenvalue weighted by atomic mass is 14.6. The largest absolute Gasteiger partial charge is 0.198 e. The van der Waals surface area contributed by atoms with Crippen LogP contribution in [0.2, 0.25) is 0 Å². The number of rotatable bonds is 5. The number of fused-ring (bicyclic) bond motifs is 3. The van der Waals surface area contributed by atoms with E-state index >= 15 is 0 Å². The summed E-state index contributed by atoms with van der Waals surface area (Å²) in [4.78, 5) is 0. The maximum absolute atomic E-state index is 9.71. The van der Waals surface area contributed by atoms with Crippen LogP contribution in [-0.4, -0.2) is 0 Å². The number of nitrogens with zero attached hydrogens (tertiary/aromatic N) is 1. The number of hydrogen-bond donors (Lipinski definition) is 0. The molecule has 4 aliphatic carbocycles. The van der Waals surface area contributed by atoms with Gasteiger partial charge >= 0.3 is 0 Å². The minimum absolute atomic E-state index is 0.0413. The van der Waals surface area contributed by atoms with Gasteiger partial charge < -0.3 is 0 Å². The van der Waals surface area contributed by atoms with Crippen LogP contribution < -0.4 is 0 Å². The smallest absolute Gasteiger partial charge is 0.0689 e. The van der Waals surface area contributed by atoms with Gasteiger partial charge in [-0.3, -0.25) is 0 Å². The molecule has 0 amide bonds. The lowest BCUT2D eigenvalue weighted by atomic mass is 9.47. The van der Waals surface area contributed by atoms with Crippen molar-refractivity contribution in [2.45, 2.75) is 104 Å². The Morgan fingerprint density at radius 3 is 1.95 bits per heavy atom. The quantitative estimate of drug-likeness (QED) is 0.559. The Hall–Kier alpha value is -0.510. The van der Waals surface area contributed by atoms with Crippen molar-refractivity contribution in [2.24, 2.45) is 22.2 Å². The molecular weight excluding hydrogens is 266 g/mol. The summed E-state index contributed by atoms with van der Waals surface area (Å²) in [6, 6.07) is 2.73. The lowest BCUT2D eigenvalue weighted by molar-refractivity contribution is -0.0664. The number of nitriles is 1. The lowest BCUT2D eigenvalue weighted by Crippen LogP contribution is -2.46. The molecule has 22 heavy (non-hydrogen) atoms. The highest BCUT2D eigenvalue weighted by Crippen LogP contribution is 2.63. The molecule has 0 unspecified atom stereocenters. The standard InChI is InChI=1S/C21H35N/c1-3-5-8-20(17-22)9-6-18(7-10-20)21-14-11-19(4-2,12-15-21)13-16-21/h18H,3-16H2,1-2H3. The van der Waals surface area contributed by atoms with Gasteiger partial charge in [-0.15, -0.1) is 0 Å². The molecule has 2 bridgehead atoms. The average Bonchev–Trinajstić information content (AvgIpc) is 2.62. The Morgan fingerprint density at radius 2 is 1.50 bits per heavy atom. The summed E-state index contributed by atoms with van der Waals surface area (Å²) in [5.74, 6) is 0.936. The van der Waals surface area contributed by atoms with Crippen LogP contribution in [0.3, 0.4) is 0 Å². The van der Waals surface area contributed by atoms with E-state index in [2.05, 4.69) is 19.9 Å². The van der Waals surface area contributed by atoms with Crippen molar-refractivity contribution in [3.63, 3.8) is 0 Å². The third-order valence-electron chi connectivity index (χ3n) is 8.26. The first-order chi connectivity index (χ1) is 10.6. The molecule has 0 heterocycles.